The maximum absolute atomic E-state index is 12.6. The molecule has 29 heavy (non-hydrogen) atoms. The predicted molar refractivity (Wildman–Crippen MR) is 101 cm³/mol. The molecule has 1 aromatic carbocycles. The number of carbonyl (C=O) groups excluding carboxylic acids is 2. The molecule has 0 atom stereocenters. The number of nitro benzene ring substituents is 1. The van der Waals surface area contributed by atoms with E-state index in [9.17, 15) is 25.0 Å². The number of rotatable bonds is 6. The van der Waals surface area contributed by atoms with Crippen molar-refractivity contribution in [1.29, 1.82) is 5.26 Å². The minimum Gasteiger partial charge on any atom is -0.452 e. The lowest BCUT2D eigenvalue weighted by Crippen LogP contribution is -2.46. The van der Waals surface area contributed by atoms with E-state index in [2.05, 4.69) is 11.4 Å². The molecule has 10 heteroatoms. The number of amides is 1. The Morgan fingerprint density at radius 3 is 2.62 bits per heavy atom. The largest absolute Gasteiger partial charge is 0.452 e. The number of nitriles is 1. The van der Waals surface area contributed by atoms with Crippen molar-refractivity contribution < 1.29 is 24.0 Å². The van der Waals surface area contributed by atoms with E-state index >= 15 is 0 Å². The van der Waals surface area contributed by atoms with Gasteiger partial charge >= 0.3 is 5.97 Å². The fourth-order valence-corrected chi connectivity index (χ4v) is 3.64. The third-order valence-corrected chi connectivity index (χ3v) is 5.15. The molecule has 0 aromatic heterocycles. The molecule has 2 aliphatic rings. The summed E-state index contributed by atoms with van der Waals surface area (Å²) < 4.78 is 10.4. The van der Waals surface area contributed by atoms with E-state index in [1.54, 1.807) is 0 Å². The Bertz CT molecular complexity index is 838. The summed E-state index contributed by atoms with van der Waals surface area (Å²) in [6.07, 6.45) is 2.83. The number of carbonyl (C=O) groups is 2. The Hall–Kier alpha value is -3.19. The summed E-state index contributed by atoms with van der Waals surface area (Å²) in [6.45, 7) is 1.45. The molecule has 1 heterocycles. The van der Waals surface area contributed by atoms with Crippen LogP contribution in [0.25, 0.3) is 0 Å². The molecule has 0 radical (unpaired) electrons. The van der Waals surface area contributed by atoms with Crippen LogP contribution in [-0.2, 0) is 14.3 Å². The first kappa shape index (κ1) is 20.5. The van der Waals surface area contributed by atoms with E-state index in [4.69, 9.17) is 9.47 Å². The van der Waals surface area contributed by atoms with Crippen LogP contribution < -0.4 is 10.2 Å². The van der Waals surface area contributed by atoms with E-state index in [-0.39, 0.29) is 11.3 Å². The zero-order valence-electron chi connectivity index (χ0n) is 15.9. The molecule has 1 aliphatic heterocycles. The number of nitro groups is 1. The van der Waals surface area contributed by atoms with Crippen molar-refractivity contribution in [2.75, 3.05) is 37.8 Å². The van der Waals surface area contributed by atoms with Gasteiger partial charge in [0.05, 0.1) is 35.5 Å². The van der Waals surface area contributed by atoms with Crippen LogP contribution in [0.1, 0.15) is 36.0 Å². The molecule has 1 aliphatic carbocycles. The van der Waals surface area contributed by atoms with Gasteiger partial charge in [-0.05, 0) is 31.7 Å². The van der Waals surface area contributed by atoms with Gasteiger partial charge in [0.2, 0.25) is 0 Å². The van der Waals surface area contributed by atoms with Crippen molar-refractivity contribution in [3.8, 4) is 6.07 Å². The van der Waals surface area contributed by atoms with E-state index in [0.717, 1.165) is 18.9 Å². The van der Waals surface area contributed by atoms with Crippen molar-refractivity contribution in [2.24, 2.45) is 0 Å². The van der Waals surface area contributed by atoms with Gasteiger partial charge in [-0.3, -0.25) is 14.9 Å². The normalized spacial score (nSPS) is 18.0. The molecule has 1 saturated heterocycles. The third kappa shape index (κ3) is 4.81. The average molecular weight is 402 g/mol. The Morgan fingerprint density at radius 2 is 2.00 bits per heavy atom. The number of anilines is 1. The topological polar surface area (TPSA) is 135 Å². The van der Waals surface area contributed by atoms with Gasteiger partial charge in [-0.15, -0.1) is 0 Å². The molecule has 10 nitrogen and oxygen atoms in total. The minimum atomic E-state index is -0.909. The van der Waals surface area contributed by atoms with Crippen LogP contribution in [0.5, 0.6) is 0 Å². The lowest BCUT2D eigenvalue weighted by atomic mass is 10.00. The number of benzene rings is 1. The number of esters is 1. The van der Waals surface area contributed by atoms with E-state index in [0.29, 0.717) is 44.8 Å². The number of ether oxygens (including phenoxy) is 2. The monoisotopic (exact) mass is 402 g/mol. The van der Waals surface area contributed by atoms with Gasteiger partial charge in [0, 0.05) is 25.2 Å². The summed E-state index contributed by atoms with van der Waals surface area (Å²) in [5.74, 6) is -1.40. The van der Waals surface area contributed by atoms with Gasteiger partial charge in [-0.25, -0.2) is 4.79 Å². The average Bonchev–Trinajstić information content (AvgIpc) is 3.21. The number of hydrogen-bond acceptors (Lipinski definition) is 8. The molecule has 1 amide bonds. The van der Waals surface area contributed by atoms with Crippen molar-refractivity contribution in [3.05, 3.63) is 33.9 Å². The highest BCUT2D eigenvalue weighted by Gasteiger charge is 2.35. The first-order valence-corrected chi connectivity index (χ1v) is 9.45. The van der Waals surface area contributed by atoms with Crippen LogP contribution in [-0.4, -0.2) is 55.2 Å². The lowest BCUT2D eigenvalue weighted by molar-refractivity contribution is -0.384. The standard InChI is InChI=1S/C19H22N4O6/c20-13-19(5-1-2-6-19)21-17(24)12-29-18(25)15-11-14(23(26)27)3-4-16(15)22-7-9-28-10-8-22/h3-4,11H,1-2,5-10,12H2,(H,21,24). The Kier molecular flexibility index (Phi) is 6.29. The maximum atomic E-state index is 12.6. The zero-order valence-corrected chi connectivity index (χ0v) is 15.9. The second-order valence-electron chi connectivity index (χ2n) is 7.08. The van der Waals surface area contributed by atoms with Gasteiger partial charge in [0.15, 0.2) is 6.61 Å². The van der Waals surface area contributed by atoms with Crippen LogP contribution in [0.4, 0.5) is 11.4 Å². The zero-order chi connectivity index (χ0) is 20.9. The molecule has 1 N–H and O–H groups in total. The van der Waals surface area contributed by atoms with Crippen LogP contribution >= 0.6 is 0 Å². The number of nitrogens with zero attached hydrogens (tertiary/aromatic N) is 3. The van der Waals surface area contributed by atoms with Gasteiger partial charge in [-0.2, -0.15) is 5.26 Å². The number of morpholine rings is 1. The van der Waals surface area contributed by atoms with Crippen LogP contribution in [0, 0.1) is 21.4 Å². The highest BCUT2D eigenvalue weighted by molar-refractivity contribution is 5.97. The molecule has 0 bridgehead atoms. The summed E-state index contributed by atoms with van der Waals surface area (Å²) in [7, 11) is 0. The molecule has 0 spiro atoms. The summed E-state index contributed by atoms with van der Waals surface area (Å²) in [4.78, 5) is 37.2. The maximum Gasteiger partial charge on any atom is 0.341 e. The smallest absolute Gasteiger partial charge is 0.341 e. The summed E-state index contributed by atoms with van der Waals surface area (Å²) >= 11 is 0. The molecule has 3 rings (SSSR count). The van der Waals surface area contributed by atoms with E-state index in [1.807, 2.05) is 4.90 Å². The van der Waals surface area contributed by atoms with Crippen LogP contribution in [0.3, 0.4) is 0 Å². The second kappa shape index (κ2) is 8.87. The van der Waals surface area contributed by atoms with E-state index < -0.39 is 28.9 Å². The molecular weight excluding hydrogens is 380 g/mol. The summed E-state index contributed by atoms with van der Waals surface area (Å²) in [5, 5.41) is 23.1. The van der Waals surface area contributed by atoms with Crippen molar-refractivity contribution in [1.82, 2.24) is 5.32 Å². The quantitative estimate of drug-likeness (QED) is 0.430. The van der Waals surface area contributed by atoms with Crippen LogP contribution in [0.2, 0.25) is 0 Å². The minimum absolute atomic E-state index is 0.0183. The van der Waals surface area contributed by atoms with Gasteiger partial charge in [0.1, 0.15) is 5.54 Å². The SMILES string of the molecule is N#CC1(NC(=O)COC(=O)c2cc([N+](=O)[O-])ccc2N2CCOCC2)CCCC1. The molecule has 0 unspecified atom stereocenters. The highest BCUT2D eigenvalue weighted by atomic mass is 16.6. The summed E-state index contributed by atoms with van der Waals surface area (Å²) in [6, 6.07) is 6.11. The second-order valence-corrected chi connectivity index (χ2v) is 7.08. The molecule has 1 saturated carbocycles. The van der Waals surface area contributed by atoms with Gasteiger partial charge < -0.3 is 19.7 Å². The van der Waals surface area contributed by atoms with Crippen molar-refractivity contribution >= 4 is 23.3 Å². The first-order chi connectivity index (χ1) is 13.9. The van der Waals surface area contributed by atoms with Gasteiger partial charge in [0.25, 0.3) is 11.6 Å². The fourth-order valence-electron chi connectivity index (χ4n) is 3.64. The Labute approximate surface area is 167 Å². The van der Waals surface area contributed by atoms with Crippen molar-refractivity contribution in [2.45, 2.75) is 31.2 Å². The molecular formula is C19H22N4O6. The fraction of sp³-hybridized carbons (Fsp3) is 0.526. The Morgan fingerprint density at radius 1 is 1.31 bits per heavy atom. The van der Waals surface area contributed by atoms with Crippen molar-refractivity contribution in [3.63, 3.8) is 0 Å². The molecule has 154 valence electrons. The predicted octanol–water partition coefficient (Wildman–Crippen LogP) is 1.54. The summed E-state index contributed by atoms with van der Waals surface area (Å²) in [5.41, 5.74) is -0.639. The van der Waals surface area contributed by atoms with Gasteiger partial charge in [-0.1, -0.05) is 0 Å². The number of nitrogens with one attached hydrogen (secondary N) is 1. The third-order valence-electron chi connectivity index (χ3n) is 5.15. The van der Waals surface area contributed by atoms with Crippen LogP contribution in [0.15, 0.2) is 18.2 Å². The lowest BCUT2D eigenvalue weighted by Gasteiger charge is -2.30. The number of hydrogen-bond donors (Lipinski definition) is 1. The highest BCUT2D eigenvalue weighted by Crippen LogP contribution is 2.29. The first-order valence-electron chi connectivity index (χ1n) is 9.45. The number of non-ortho nitro benzene ring substituents is 1. The van der Waals surface area contributed by atoms with E-state index in [1.165, 1.54) is 12.1 Å². The Balaban J connectivity index is 1.71. The molecule has 1 aromatic rings. The molecule has 2 fully saturated rings.